The van der Waals surface area contributed by atoms with Crippen LogP contribution in [0.2, 0.25) is 0 Å². The molecule has 19 heavy (non-hydrogen) atoms. The summed E-state index contributed by atoms with van der Waals surface area (Å²) in [4.78, 5) is 12.5. The summed E-state index contributed by atoms with van der Waals surface area (Å²) in [5.74, 6) is 1.03. The van der Waals surface area contributed by atoms with Gasteiger partial charge in [0.05, 0.1) is 0 Å². The van der Waals surface area contributed by atoms with Crippen LogP contribution in [0.3, 0.4) is 0 Å². The lowest BCUT2D eigenvalue weighted by Gasteiger charge is -2.08. The van der Waals surface area contributed by atoms with E-state index in [9.17, 15) is 4.79 Å². The Balaban J connectivity index is 2.12. The zero-order valence-electron chi connectivity index (χ0n) is 10.9. The first kappa shape index (κ1) is 14.4. The van der Waals surface area contributed by atoms with E-state index in [1.54, 1.807) is 18.7 Å². The highest BCUT2D eigenvalue weighted by molar-refractivity contribution is 9.10. The predicted octanol–water partition coefficient (Wildman–Crippen LogP) is 5.25. The second kappa shape index (κ2) is 6.40. The molecular weight excluding hydrogens is 320 g/mol. The quantitative estimate of drug-likeness (QED) is 0.560. The van der Waals surface area contributed by atoms with Gasteiger partial charge in [0.2, 0.25) is 0 Å². The van der Waals surface area contributed by atoms with Crippen LogP contribution in [0.15, 0.2) is 51.8 Å². The van der Waals surface area contributed by atoms with Crippen LogP contribution < -0.4 is 0 Å². The average molecular weight is 335 g/mol. The number of hydrogen-bond acceptors (Lipinski definition) is 2. The highest BCUT2D eigenvalue weighted by Crippen LogP contribution is 2.31. The van der Waals surface area contributed by atoms with Gasteiger partial charge in [-0.2, -0.15) is 0 Å². The highest BCUT2D eigenvalue weighted by atomic mass is 79.9. The van der Waals surface area contributed by atoms with E-state index in [0.29, 0.717) is 0 Å². The van der Waals surface area contributed by atoms with E-state index < -0.39 is 0 Å². The van der Waals surface area contributed by atoms with E-state index in [2.05, 4.69) is 47.1 Å². The first-order valence-electron chi connectivity index (χ1n) is 6.05. The maximum absolute atomic E-state index is 11.3. The van der Waals surface area contributed by atoms with Gasteiger partial charge in [-0.1, -0.05) is 30.3 Å². The molecule has 0 unspecified atom stereocenters. The molecule has 1 nitrogen and oxygen atoms in total. The molecule has 98 valence electrons. The van der Waals surface area contributed by atoms with Crippen molar-refractivity contribution in [3.63, 3.8) is 0 Å². The Morgan fingerprint density at radius 1 is 1.21 bits per heavy atom. The van der Waals surface area contributed by atoms with Crippen molar-refractivity contribution in [2.75, 3.05) is 0 Å². The summed E-state index contributed by atoms with van der Waals surface area (Å²) in [7, 11) is 0. The minimum Gasteiger partial charge on any atom is -0.295 e. The first-order valence-corrected chi connectivity index (χ1v) is 7.83. The molecule has 0 aliphatic heterocycles. The van der Waals surface area contributed by atoms with Crippen molar-refractivity contribution in [3.05, 3.63) is 63.6 Å². The van der Waals surface area contributed by atoms with Gasteiger partial charge in [-0.15, -0.1) is 11.8 Å². The maximum Gasteiger partial charge on any atom is 0.159 e. The molecule has 0 saturated heterocycles. The van der Waals surface area contributed by atoms with Crippen LogP contribution in [0.5, 0.6) is 0 Å². The molecule has 0 bridgehead atoms. The van der Waals surface area contributed by atoms with Crippen molar-refractivity contribution in [3.8, 4) is 0 Å². The van der Waals surface area contributed by atoms with Crippen LogP contribution in [0.1, 0.15) is 28.4 Å². The predicted molar refractivity (Wildman–Crippen MR) is 84.9 cm³/mol. The summed E-state index contributed by atoms with van der Waals surface area (Å²) < 4.78 is 0.985. The Labute approximate surface area is 126 Å². The Bertz CT molecular complexity index is 607. The molecule has 2 rings (SSSR count). The molecule has 0 atom stereocenters. The third-order valence-electron chi connectivity index (χ3n) is 2.98. The monoisotopic (exact) mass is 334 g/mol. The molecule has 0 aliphatic carbocycles. The van der Waals surface area contributed by atoms with Crippen molar-refractivity contribution in [1.82, 2.24) is 0 Å². The minimum atomic E-state index is 0.0937. The summed E-state index contributed by atoms with van der Waals surface area (Å²) >= 11 is 5.31. The smallest absolute Gasteiger partial charge is 0.159 e. The Morgan fingerprint density at radius 3 is 2.58 bits per heavy atom. The minimum absolute atomic E-state index is 0.0937. The fraction of sp³-hybridized carbons (Fsp3) is 0.188. The molecule has 0 saturated carbocycles. The lowest BCUT2D eigenvalue weighted by Crippen LogP contribution is -1.92. The maximum atomic E-state index is 11.3. The Hall–Kier alpha value is -1.06. The summed E-state index contributed by atoms with van der Waals surface area (Å²) in [6, 6.07) is 14.2. The molecular formula is C16H15BrOS. The molecule has 3 heteroatoms. The third-order valence-corrected chi connectivity index (χ3v) is 5.02. The Morgan fingerprint density at radius 2 is 1.95 bits per heavy atom. The van der Waals surface area contributed by atoms with Crippen molar-refractivity contribution in [2.45, 2.75) is 24.5 Å². The standard InChI is InChI=1S/C16H15BrOS/c1-11-5-3-4-6-14(11)10-19-16-8-7-13(12(2)18)9-15(16)17/h3-9H,10H2,1-2H3. The van der Waals surface area contributed by atoms with Gasteiger partial charge in [-0.25, -0.2) is 0 Å². The van der Waals surface area contributed by atoms with Gasteiger partial charge in [-0.3, -0.25) is 4.79 Å². The topological polar surface area (TPSA) is 17.1 Å². The van der Waals surface area contributed by atoms with Gasteiger partial charge in [0.1, 0.15) is 0 Å². The van der Waals surface area contributed by atoms with E-state index >= 15 is 0 Å². The van der Waals surface area contributed by atoms with Crippen molar-refractivity contribution < 1.29 is 4.79 Å². The van der Waals surface area contributed by atoms with Crippen LogP contribution in [0.4, 0.5) is 0 Å². The number of ketones is 1. The summed E-state index contributed by atoms with van der Waals surface area (Å²) in [6.45, 7) is 3.71. The summed E-state index contributed by atoms with van der Waals surface area (Å²) in [5, 5.41) is 0. The van der Waals surface area contributed by atoms with Gasteiger partial charge in [0.25, 0.3) is 0 Å². The van der Waals surface area contributed by atoms with Crippen LogP contribution in [-0.4, -0.2) is 5.78 Å². The van der Waals surface area contributed by atoms with Gasteiger partial charge in [0, 0.05) is 20.7 Å². The van der Waals surface area contributed by atoms with E-state index in [-0.39, 0.29) is 5.78 Å². The molecule has 0 amide bonds. The third kappa shape index (κ3) is 3.71. The Kier molecular flexibility index (Phi) is 4.83. The highest BCUT2D eigenvalue weighted by Gasteiger charge is 2.06. The van der Waals surface area contributed by atoms with Crippen LogP contribution in [0.25, 0.3) is 0 Å². The van der Waals surface area contributed by atoms with Gasteiger partial charge in [0.15, 0.2) is 5.78 Å². The summed E-state index contributed by atoms with van der Waals surface area (Å²) in [5.41, 5.74) is 3.40. The van der Waals surface area contributed by atoms with Crippen molar-refractivity contribution in [2.24, 2.45) is 0 Å². The first-order chi connectivity index (χ1) is 9.08. The molecule has 0 aliphatic rings. The number of hydrogen-bond donors (Lipinski definition) is 0. The van der Waals surface area contributed by atoms with Crippen LogP contribution >= 0.6 is 27.7 Å². The fourth-order valence-corrected chi connectivity index (χ4v) is 3.48. The number of aryl methyl sites for hydroxylation is 1. The van der Waals surface area contributed by atoms with Crippen molar-refractivity contribution in [1.29, 1.82) is 0 Å². The number of thioether (sulfide) groups is 1. The van der Waals surface area contributed by atoms with E-state index in [0.717, 1.165) is 20.7 Å². The second-order valence-electron chi connectivity index (χ2n) is 4.42. The van der Waals surface area contributed by atoms with E-state index in [1.807, 2.05) is 18.2 Å². The van der Waals surface area contributed by atoms with Crippen LogP contribution in [-0.2, 0) is 5.75 Å². The van der Waals surface area contributed by atoms with E-state index in [4.69, 9.17) is 0 Å². The lowest BCUT2D eigenvalue weighted by molar-refractivity contribution is 0.101. The summed E-state index contributed by atoms with van der Waals surface area (Å²) in [6.07, 6.45) is 0. The van der Waals surface area contributed by atoms with Gasteiger partial charge in [-0.05, 0) is 53.0 Å². The fourth-order valence-electron chi connectivity index (χ4n) is 1.76. The number of benzene rings is 2. The van der Waals surface area contributed by atoms with Crippen molar-refractivity contribution >= 4 is 33.5 Å². The zero-order valence-corrected chi connectivity index (χ0v) is 13.3. The number of carbonyl (C=O) groups is 1. The molecule has 0 spiro atoms. The van der Waals surface area contributed by atoms with Gasteiger partial charge < -0.3 is 0 Å². The second-order valence-corrected chi connectivity index (χ2v) is 6.29. The molecule has 2 aromatic carbocycles. The SMILES string of the molecule is CC(=O)c1ccc(SCc2ccccc2C)c(Br)c1. The normalized spacial score (nSPS) is 10.5. The molecule has 0 fully saturated rings. The number of halogens is 1. The number of rotatable bonds is 4. The molecule has 0 N–H and O–H groups in total. The largest absolute Gasteiger partial charge is 0.295 e. The van der Waals surface area contributed by atoms with Crippen LogP contribution in [0, 0.1) is 6.92 Å². The molecule has 2 aromatic rings. The lowest BCUT2D eigenvalue weighted by atomic mass is 10.1. The molecule has 0 radical (unpaired) electrons. The molecule has 0 aromatic heterocycles. The number of Topliss-reactive ketones (excluding diaryl/α,β-unsaturated/α-hetero) is 1. The number of carbonyl (C=O) groups excluding carboxylic acids is 1. The zero-order chi connectivity index (χ0) is 13.8. The molecule has 0 heterocycles. The van der Waals surface area contributed by atoms with Gasteiger partial charge >= 0.3 is 0 Å². The average Bonchev–Trinajstić information content (AvgIpc) is 2.39. The van der Waals surface area contributed by atoms with E-state index in [1.165, 1.54) is 11.1 Å².